The molecule has 0 bridgehead atoms. The first-order chi connectivity index (χ1) is 7.45. The molecule has 0 aromatic rings. The largest absolute Gasteiger partial charge is 0.395 e. The van der Waals surface area contributed by atoms with Crippen LogP contribution in [0.4, 0.5) is 0 Å². The molecular weight excluding hydrogens is 198 g/mol. The zero-order chi connectivity index (χ0) is 12.2. The fraction of sp³-hybridized carbons (Fsp3) is 1.00. The second-order valence-corrected chi connectivity index (χ2v) is 6.43. The molecule has 0 spiro atoms. The number of likely N-dealkylation sites (tertiary alicyclic amines) is 1. The number of hydrogen-bond acceptors (Lipinski definition) is 2. The van der Waals surface area contributed by atoms with Gasteiger partial charge in [0.25, 0.3) is 0 Å². The summed E-state index contributed by atoms with van der Waals surface area (Å²) in [4.78, 5) is 2.39. The van der Waals surface area contributed by atoms with Crippen LogP contribution in [0.2, 0.25) is 0 Å². The van der Waals surface area contributed by atoms with E-state index in [2.05, 4.69) is 32.6 Å². The van der Waals surface area contributed by atoms with Crippen LogP contribution in [0.1, 0.15) is 47.0 Å². The molecule has 1 aliphatic rings. The number of aliphatic hydroxyl groups excluding tert-OH is 1. The Balaban J connectivity index is 2.40. The molecule has 2 heteroatoms. The van der Waals surface area contributed by atoms with E-state index in [0.717, 1.165) is 18.4 Å². The lowest BCUT2D eigenvalue weighted by molar-refractivity contribution is 0.0752. The summed E-state index contributed by atoms with van der Waals surface area (Å²) in [5, 5.41) is 8.92. The SMILES string of the molecule is CC(C)CC(C)(C)C1CCN(CCO)CC1. The minimum absolute atomic E-state index is 0.306. The molecule has 1 N–H and O–H groups in total. The van der Waals surface area contributed by atoms with Crippen LogP contribution in [0, 0.1) is 17.3 Å². The Kier molecular flexibility index (Phi) is 5.26. The second-order valence-electron chi connectivity index (χ2n) is 6.43. The number of aliphatic hydroxyl groups is 1. The molecule has 0 unspecified atom stereocenters. The van der Waals surface area contributed by atoms with Gasteiger partial charge in [-0.3, -0.25) is 0 Å². The molecule has 1 saturated heterocycles. The molecule has 1 rings (SSSR count). The van der Waals surface area contributed by atoms with Gasteiger partial charge in [0.15, 0.2) is 0 Å². The molecule has 1 fully saturated rings. The summed E-state index contributed by atoms with van der Waals surface area (Å²) in [6, 6.07) is 0. The molecule has 1 aliphatic heterocycles. The second kappa shape index (κ2) is 6.02. The summed E-state index contributed by atoms with van der Waals surface area (Å²) < 4.78 is 0. The molecule has 0 atom stereocenters. The summed E-state index contributed by atoms with van der Waals surface area (Å²) in [7, 11) is 0. The number of rotatable bonds is 5. The molecular formula is C14H29NO. The van der Waals surface area contributed by atoms with E-state index in [4.69, 9.17) is 5.11 Å². The lowest BCUT2D eigenvalue weighted by Gasteiger charge is -2.41. The molecule has 2 nitrogen and oxygen atoms in total. The van der Waals surface area contributed by atoms with Crippen LogP contribution in [0.25, 0.3) is 0 Å². The van der Waals surface area contributed by atoms with Crippen molar-refractivity contribution in [2.24, 2.45) is 17.3 Å². The predicted molar refractivity (Wildman–Crippen MR) is 69.5 cm³/mol. The van der Waals surface area contributed by atoms with Gasteiger partial charge in [-0.25, -0.2) is 0 Å². The van der Waals surface area contributed by atoms with Gasteiger partial charge < -0.3 is 10.0 Å². The van der Waals surface area contributed by atoms with Crippen LogP contribution in [0.15, 0.2) is 0 Å². The Morgan fingerprint density at radius 2 is 1.81 bits per heavy atom. The number of hydrogen-bond donors (Lipinski definition) is 1. The molecule has 1 heterocycles. The van der Waals surface area contributed by atoms with Gasteiger partial charge in [-0.15, -0.1) is 0 Å². The minimum atomic E-state index is 0.306. The maximum absolute atomic E-state index is 8.92. The predicted octanol–water partition coefficient (Wildman–Crippen LogP) is 2.76. The van der Waals surface area contributed by atoms with Crippen molar-refractivity contribution in [3.05, 3.63) is 0 Å². The van der Waals surface area contributed by atoms with Crippen LogP contribution in [-0.2, 0) is 0 Å². The van der Waals surface area contributed by atoms with Crippen molar-refractivity contribution in [3.8, 4) is 0 Å². The Morgan fingerprint density at radius 1 is 1.25 bits per heavy atom. The normalized spacial score (nSPS) is 20.6. The van der Waals surface area contributed by atoms with E-state index < -0.39 is 0 Å². The highest BCUT2D eigenvalue weighted by Gasteiger charge is 2.32. The summed E-state index contributed by atoms with van der Waals surface area (Å²) >= 11 is 0. The van der Waals surface area contributed by atoms with Crippen LogP contribution in [-0.4, -0.2) is 36.2 Å². The van der Waals surface area contributed by atoms with E-state index in [1.165, 1.54) is 32.4 Å². The zero-order valence-corrected chi connectivity index (χ0v) is 11.5. The Bertz CT molecular complexity index is 193. The van der Waals surface area contributed by atoms with Crippen LogP contribution in [0.5, 0.6) is 0 Å². The fourth-order valence-corrected chi connectivity index (χ4v) is 3.30. The molecule has 0 saturated carbocycles. The molecule has 0 amide bonds. The maximum Gasteiger partial charge on any atom is 0.0558 e. The third-order valence-corrected chi connectivity index (χ3v) is 4.04. The highest BCUT2D eigenvalue weighted by Crippen LogP contribution is 2.39. The van der Waals surface area contributed by atoms with E-state index >= 15 is 0 Å². The third-order valence-electron chi connectivity index (χ3n) is 4.04. The number of nitrogens with zero attached hydrogens (tertiary/aromatic N) is 1. The van der Waals surface area contributed by atoms with Crippen molar-refractivity contribution in [2.75, 3.05) is 26.2 Å². The van der Waals surface area contributed by atoms with Crippen molar-refractivity contribution in [3.63, 3.8) is 0 Å². The van der Waals surface area contributed by atoms with Crippen LogP contribution < -0.4 is 0 Å². The highest BCUT2D eigenvalue weighted by atomic mass is 16.3. The molecule has 96 valence electrons. The van der Waals surface area contributed by atoms with Crippen LogP contribution >= 0.6 is 0 Å². The zero-order valence-electron chi connectivity index (χ0n) is 11.5. The molecule has 16 heavy (non-hydrogen) atoms. The van der Waals surface area contributed by atoms with Crippen molar-refractivity contribution in [2.45, 2.75) is 47.0 Å². The minimum Gasteiger partial charge on any atom is -0.395 e. The van der Waals surface area contributed by atoms with Gasteiger partial charge in [0.2, 0.25) is 0 Å². The van der Waals surface area contributed by atoms with Gasteiger partial charge in [0.05, 0.1) is 6.61 Å². The van der Waals surface area contributed by atoms with E-state index in [9.17, 15) is 0 Å². The van der Waals surface area contributed by atoms with Gasteiger partial charge in [-0.1, -0.05) is 27.7 Å². The molecule has 0 aromatic carbocycles. The first-order valence-electron chi connectivity index (χ1n) is 6.79. The monoisotopic (exact) mass is 227 g/mol. The number of β-amino-alcohol motifs (C(OH)–C–C–N with tert-alkyl or cyclic N) is 1. The summed E-state index contributed by atoms with van der Waals surface area (Å²) in [5.41, 5.74) is 0.486. The molecule has 0 aliphatic carbocycles. The van der Waals surface area contributed by atoms with E-state index in [1.54, 1.807) is 0 Å². The standard InChI is InChI=1S/C14H29NO/c1-12(2)11-14(3,4)13-5-7-15(8-6-13)9-10-16/h12-13,16H,5-11H2,1-4H3. The van der Waals surface area contributed by atoms with Crippen molar-refractivity contribution in [1.29, 1.82) is 0 Å². The Morgan fingerprint density at radius 3 is 2.25 bits per heavy atom. The van der Waals surface area contributed by atoms with Crippen LogP contribution in [0.3, 0.4) is 0 Å². The van der Waals surface area contributed by atoms with Gasteiger partial charge >= 0.3 is 0 Å². The smallest absolute Gasteiger partial charge is 0.0558 e. The topological polar surface area (TPSA) is 23.5 Å². The third kappa shape index (κ3) is 4.06. The quantitative estimate of drug-likeness (QED) is 0.780. The van der Waals surface area contributed by atoms with E-state index in [-0.39, 0.29) is 0 Å². The highest BCUT2D eigenvalue weighted by molar-refractivity contribution is 4.84. The molecule has 0 radical (unpaired) electrons. The lowest BCUT2D eigenvalue weighted by atomic mass is 9.69. The Hall–Kier alpha value is -0.0800. The summed E-state index contributed by atoms with van der Waals surface area (Å²) in [6.07, 6.45) is 3.94. The van der Waals surface area contributed by atoms with Gasteiger partial charge in [-0.05, 0) is 49.6 Å². The first kappa shape index (κ1) is 14.0. The van der Waals surface area contributed by atoms with Crippen molar-refractivity contribution < 1.29 is 5.11 Å². The van der Waals surface area contributed by atoms with Crippen molar-refractivity contribution in [1.82, 2.24) is 4.90 Å². The summed E-state index contributed by atoms with van der Waals surface area (Å²) in [5.74, 6) is 1.66. The van der Waals surface area contributed by atoms with E-state index in [0.29, 0.717) is 12.0 Å². The maximum atomic E-state index is 8.92. The van der Waals surface area contributed by atoms with Gasteiger partial charge in [0.1, 0.15) is 0 Å². The average molecular weight is 227 g/mol. The number of piperidine rings is 1. The van der Waals surface area contributed by atoms with Gasteiger partial charge in [-0.2, -0.15) is 0 Å². The van der Waals surface area contributed by atoms with E-state index in [1.807, 2.05) is 0 Å². The fourth-order valence-electron chi connectivity index (χ4n) is 3.30. The van der Waals surface area contributed by atoms with Gasteiger partial charge in [0, 0.05) is 6.54 Å². The summed E-state index contributed by atoms with van der Waals surface area (Å²) in [6.45, 7) is 13.0. The van der Waals surface area contributed by atoms with Crippen molar-refractivity contribution >= 4 is 0 Å². The average Bonchev–Trinajstić information content (AvgIpc) is 2.17. The molecule has 0 aromatic heterocycles. The lowest BCUT2D eigenvalue weighted by Crippen LogP contribution is -2.40. The first-order valence-corrected chi connectivity index (χ1v) is 6.79. The Labute approximate surface area is 101 Å².